The summed E-state index contributed by atoms with van der Waals surface area (Å²) >= 11 is 0. The second kappa shape index (κ2) is 3.63. The first kappa shape index (κ1) is 6.45. The van der Waals surface area contributed by atoms with Crippen molar-refractivity contribution in [1.82, 2.24) is 0 Å². The fourth-order valence-corrected chi connectivity index (χ4v) is 0.235. The minimum atomic E-state index is -0.301. The maximum Gasteiger partial charge on any atom is 0.141 e. The first-order chi connectivity index (χ1) is 3.31. The Balaban J connectivity index is 3.04. The van der Waals surface area contributed by atoms with E-state index >= 15 is 0 Å². The van der Waals surface area contributed by atoms with E-state index in [9.17, 15) is 0 Å². The summed E-state index contributed by atoms with van der Waals surface area (Å²) in [6.07, 6.45) is -0.301. The molecule has 0 N–H and O–H groups in total. The lowest BCUT2D eigenvalue weighted by Crippen LogP contribution is -1.99. The standard InChI is InChI=1S/C5H8NO/c1-3-7-5(2)4-6/h3,5H,1-2H3. The highest BCUT2D eigenvalue weighted by molar-refractivity contribution is 4.79. The zero-order chi connectivity index (χ0) is 5.70. The van der Waals surface area contributed by atoms with Crippen LogP contribution in [0.25, 0.3) is 0 Å². The minimum Gasteiger partial charge on any atom is -0.358 e. The predicted molar refractivity (Wildman–Crippen MR) is 26.1 cm³/mol. The Morgan fingerprint density at radius 1 is 1.86 bits per heavy atom. The van der Waals surface area contributed by atoms with Crippen LogP contribution >= 0.6 is 0 Å². The largest absolute Gasteiger partial charge is 0.358 e. The van der Waals surface area contributed by atoms with Gasteiger partial charge in [-0.1, -0.05) is 0 Å². The SMILES string of the molecule is C[CH]OC(C)C#N. The van der Waals surface area contributed by atoms with Crippen LogP contribution in [0, 0.1) is 17.9 Å². The molecule has 0 spiro atoms. The van der Waals surface area contributed by atoms with Gasteiger partial charge in [-0.2, -0.15) is 5.26 Å². The van der Waals surface area contributed by atoms with Crippen LogP contribution in [0.15, 0.2) is 0 Å². The third kappa shape index (κ3) is 3.28. The van der Waals surface area contributed by atoms with E-state index in [1.807, 2.05) is 6.07 Å². The van der Waals surface area contributed by atoms with Crippen molar-refractivity contribution in [3.8, 4) is 6.07 Å². The molecule has 0 aromatic carbocycles. The van der Waals surface area contributed by atoms with E-state index in [4.69, 9.17) is 10.00 Å². The fraction of sp³-hybridized carbons (Fsp3) is 0.600. The third-order valence-electron chi connectivity index (χ3n) is 0.522. The summed E-state index contributed by atoms with van der Waals surface area (Å²) in [5, 5.41) is 8.07. The first-order valence-corrected chi connectivity index (χ1v) is 2.14. The molecule has 39 valence electrons. The van der Waals surface area contributed by atoms with Gasteiger partial charge >= 0.3 is 0 Å². The van der Waals surface area contributed by atoms with Crippen LogP contribution in [0.3, 0.4) is 0 Å². The van der Waals surface area contributed by atoms with Crippen molar-refractivity contribution in [3.63, 3.8) is 0 Å². The van der Waals surface area contributed by atoms with Crippen LogP contribution in [0.1, 0.15) is 13.8 Å². The van der Waals surface area contributed by atoms with Crippen molar-refractivity contribution in [2.45, 2.75) is 20.0 Å². The van der Waals surface area contributed by atoms with E-state index in [-0.39, 0.29) is 6.10 Å². The quantitative estimate of drug-likeness (QED) is 0.518. The van der Waals surface area contributed by atoms with Crippen molar-refractivity contribution in [1.29, 1.82) is 5.26 Å². The van der Waals surface area contributed by atoms with Crippen molar-refractivity contribution in [2.24, 2.45) is 0 Å². The van der Waals surface area contributed by atoms with Crippen LogP contribution in [0.2, 0.25) is 0 Å². The Labute approximate surface area is 43.7 Å². The van der Waals surface area contributed by atoms with E-state index in [0.29, 0.717) is 0 Å². The summed E-state index contributed by atoms with van der Waals surface area (Å²) in [4.78, 5) is 0. The molecule has 0 saturated carbocycles. The van der Waals surface area contributed by atoms with Crippen molar-refractivity contribution in [2.75, 3.05) is 0 Å². The zero-order valence-electron chi connectivity index (χ0n) is 4.51. The normalized spacial score (nSPS) is 12.7. The van der Waals surface area contributed by atoms with Crippen LogP contribution < -0.4 is 0 Å². The lowest BCUT2D eigenvalue weighted by Gasteiger charge is -1.96. The van der Waals surface area contributed by atoms with Gasteiger partial charge in [0, 0.05) is 0 Å². The molecule has 1 atom stereocenters. The van der Waals surface area contributed by atoms with E-state index in [1.165, 1.54) is 6.61 Å². The van der Waals surface area contributed by atoms with Gasteiger partial charge in [0.25, 0.3) is 0 Å². The third-order valence-corrected chi connectivity index (χ3v) is 0.522. The second-order valence-electron chi connectivity index (χ2n) is 1.14. The van der Waals surface area contributed by atoms with Gasteiger partial charge in [0.2, 0.25) is 0 Å². The van der Waals surface area contributed by atoms with Crippen molar-refractivity contribution in [3.05, 3.63) is 6.61 Å². The van der Waals surface area contributed by atoms with Gasteiger partial charge in [-0.25, -0.2) is 0 Å². The molecule has 0 fully saturated rings. The maximum absolute atomic E-state index is 8.07. The second-order valence-corrected chi connectivity index (χ2v) is 1.14. The molecule has 0 aromatic rings. The molecule has 0 aliphatic carbocycles. The summed E-state index contributed by atoms with van der Waals surface area (Å²) in [6.45, 7) is 4.95. The number of rotatable bonds is 2. The van der Waals surface area contributed by atoms with E-state index in [0.717, 1.165) is 0 Å². The summed E-state index contributed by atoms with van der Waals surface area (Å²) in [7, 11) is 0. The summed E-state index contributed by atoms with van der Waals surface area (Å²) in [5.41, 5.74) is 0. The number of hydrogen-bond donors (Lipinski definition) is 0. The van der Waals surface area contributed by atoms with Gasteiger partial charge in [0.05, 0.1) is 12.7 Å². The first-order valence-electron chi connectivity index (χ1n) is 2.14. The Hall–Kier alpha value is -0.550. The highest BCUT2D eigenvalue weighted by atomic mass is 16.5. The monoisotopic (exact) mass is 98.1 g/mol. The molecule has 7 heavy (non-hydrogen) atoms. The maximum atomic E-state index is 8.07. The van der Waals surface area contributed by atoms with E-state index < -0.39 is 0 Å². The molecule has 2 nitrogen and oxygen atoms in total. The number of nitrogens with zero attached hydrogens (tertiary/aromatic N) is 1. The molecule has 2 heteroatoms. The van der Waals surface area contributed by atoms with E-state index in [1.54, 1.807) is 13.8 Å². The lowest BCUT2D eigenvalue weighted by molar-refractivity contribution is 0.168. The molecular weight excluding hydrogens is 90.1 g/mol. The molecule has 0 amide bonds. The fourth-order valence-electron chi connectivity index (χ4n) is 0.235. The Morgan fingerprint density at radius 2 is 2.43 bits per heavy atom. The molecule has 0 rings (SSSR count). The highest BCUT2D eigenvalue weighted by Gasteiger charge is 1.92. The smallest absolute Gasteiger partial charge is 0.141 e. The molecule has 0 aromatic heterocycles. The summed E-state index contributed by atoms with van der Waals surface area (Å²) in [6, 6.07) is 1.91. The summed E-state index contributed by atoms with van der Waals surface area (Å²) < 4.78 is 4.70. The number of hydrogen-bond acceptors (Lipinski definition) is 2. The molecule has 0 bridgehead atoms. The van der Waals surface area contributed by atoms with Gasteiger partial charge in [-0.3, -0.25) is 0 Å². The molecular formula is C5H8NO. The Kier molecular flexibility index (Phi) is 3.35. The molecule has 0 heterocycles. The number of ether oxygens (including phenoxy) is 1. The summed E-state index contributed by atoms with van der Waals surface area (Å²) in [5.74, 6) is 0. The average molecular weight is 98.1 g/mol. The molecule has 1 radical (unpaired) electrons. The van der Waals surface area contributed by atoms with Crippen LogP contribution in [-0.2, 0) is 4.74 Å². The molecule has 0 aliphatic rings. The van der Waals surface area contributed by atoms with E-state index in [2.05, 4.69) is 0 Å². The van der Waals surface area contributed by atoms with Gasteiger partial charge in [0.1, 0.15) is 6.10 Å². The van der Waals surface area contributed by atoms with Gasteiger partial charge in [-0.15, -0.1) is 0 Å². The lowest BCUT2D eigenvalue weighted by atomic mass is 10.5. The highest BCUT2D eigenvalue weighted by Crippen LogP contribution is 1.87. The minimum absolute atomic E-state index is 0.301. The number of nitriles is 1. The zero-order valence-corrected chi connectivity index (χ0v) is 4.51. The Bertz CT molecular complexity index is 74.6. The molecule has 0 saturated heterocycles. The van der Waals surface area contributed by atoms with Crippen molar-refractivity contribution >= 4 is 0 Å². The van der Waals surface area contributed by atoms with Gasteiger partial charge in [-0.05, 0) is 13.8 Å². The molecule has 0 aliphatic heterocycles. The van der Waals surface area contributed by atoms with Crippen molar-refractivity contribution < 1.29 is 4.74 Å². The van der Waals surface area contributed by atoms with Crippen LogP contribution in [0.5, 0.6) is 0 Å². The Morgan fingerprint density at radius 3 is 2.57 bits per heavy atom. The van der Waals surface area contributed by atoms with Crippen LogP contribution in [-0.4, -0.2) is 6.10 Å². The predicted octanol–water partition coefficient (Wildman–Crippen LogP) is 1.10. The average Bonchev–Trinajstić information content (AvgIpc) is 1.68. The van der Waals surface area contributed by atoms with Gasteiger partial charge < -0.3 is 4.74 Å². The van der Waals surface area contributed by atoms with Crippen LogP contribution in [0.4, 0.5) is 0 Å². The topological polar surface area (TPSA) is 33.0 Å². The molecule has 1 unspecified atom stereocenters. The van der Waals surface area contributed by atoms with Gasteiger partial charge in [0.15, 0.2) is 0 Å².